The van der Waals surface area contributed by atoms with Crippen molar-refractivity contribution in [3.63, 3.8) is 0 Å². The molecule has 2 rings (SSSR count). The molecule has 2 unspecified atom stereocenters. The second-order valence-corrected chi connectivity index (χ2v) is 4.46. The second kappa shape index (κ2) is 3.90. The molecule has 1 amide bonds. The van der Waals surface area contributed by atoms with Gasteiger partial charge in [-0.15, -0.1) is 0 Å². The first-order valence-electron chi connectivity index (χ1n) is 5.50. The van der Waals surface area contributed by atoms with Crippen LogP contribution in [0.5, 0.6) is 0 Å². The van der Waals surface area contributed by atoms with Crippen LogP contribution in [-0.2, 0) is 11.8 Å². The molecule has 1 aromatic rings. The van der Waals surface area contributed by atoms with Crippen LogP contribution in [0.3, 0.4) is 0 Å². The Bertz CT molecular complexity index is 412. The topological polar surface area (TPSA) is 64.2 Å². The minimum atomic E-state index is 0.0891. The van der Waals surface area contributed by atoms with Gasteiger partial charge in [-0.2, -0.15) is 5.10 Å². The lowest BCUT2D eigenvalue weighted by atomic mass is 9.94. The lowest BCUT2D eigenvalue weighted by Gasteiger charge is -2.24. The molecule has 1 aliphatic rings. The Morgan fingerprint density at radius 3 is 2.75 bits per heavy atom. The van der Waals surface area contributed by atoms with Crippen LogP contribution in [0.15, 0.2) is 6.20 Å². The van der Waals surface area contributed by atoms with Gasteiger partial charge in [0.2, 0.25) is 5.91 Å². The van der Waals surface area contributed by atoms with Crippen LogP contribution in [0.1, 0.15) is 23.7 Å². The molecule has 0 aromatic carbocycles. The van der Waals surface area contributed by atoms with E-state index in [2.05, 4.69) is 5.10 Å². The average Bonchev–Trinajstić information content (AvgIpc) is 2.72. The monoisotopic (exact) mass is 222 g/mol. The van der Waals surface area contributed by atoms with Gasteiger partial charge in [-0.25, -0.2) is 0 Å². The van der Waals surface area contributed by atoms with Crippen molar-refractivity contribution in [3.05, 3.63) is 17.5 Å². The summed E-state index contributed by atoms with van der Waals surface area (Å²) in [6, 6.07) is 0.0891. The van der Waals surface area contributed by atoms with E-state index in [0.717, 1.165) is 11.3 Å². The summed E-state index contributed by atoms with van der Waals surface area (Å²) in [5.41, 5.74) is 7.96. The summed E-state index contributed by atoms with van der Waals surface area (Å²) in [6.45, 7) is 2.56. The van der Waals surface area contributed by atoms with Crippen LogP contribution in [-0.4, -0.2) is 34.2 Å². The highest BCUT2D eigenvalue weighted by Crippen LogP contribution is 2.37. The van der Waals surface area contributed by atoms with Crippen LogP contribution >= 0.6 is 0 Å². The Labute approximate surface area is 95.2 Å². The Morgan fingerprint density at radius 1 is 1.56 bits per heavy atom. The number of hydrogen-bond donors (Lipinski definition) is 1. The summed E-state index contributed by atoms with van der Waals surface area (Å²) in [7, 11) is 3.75. The van der Waals surface area contributed by atoms with E-state index >= 15 is 0 Å². The highest BCUT2D eigenvalue weighted by atomic mass is 16.2. The molecule has 5 heteroatoms. The lowest BCUT2D eigenvalue weighted by molar-refractivity contribution is -0.127. The predicted octanol–water partition coefficient (Wildman–Crippen LogP) is 0.207. The quantitative estimate of drug-likeness (QED) is 0.777. The molecule has 1 aliphatic heterocycles. The van der Waals surface area contributed by atoms with Crippen molar-refractivity contribution in [2.24, 2.45) is 18.7 Å². The number of aromatic nitrogens is 2. The van der Waals surface area contributed by atoms with Gasteiger partial charge in [-0.05, 0) is 13.5 Å². The minimum Gasteiger partial charge on any atom is -0.338 e. The van der Waals surface area contributed by atoms with Crippen molar-refractivity contribution in [1.82, 2.24) is 14.7 Å². The summed E-state index contributed by atoms with van der Waals surface area (Å²) >= 11 is 0. The third-order valence-corrected chi connectivity index (χ3v) is 3.59. The fraction of sp³-hybridized carbons (Fsp3) is 0.636. The Hall–Kier alpha value is -1.36. The largest absolute Gasteiger partial charge is 0.338 e. The third kappa shape index (κ3) is 1.51. The first-order valence-corrected chi connectivity index (χ1v) is 5.50. The van der Waals surface area contributed by atoms with Gasteiger partial charge in [0.1, 0.15) is 0 Å². The van der Waals surface area contributed by atoms with Crippen molar-refractivity contribution >= 4 is 5.91 Å². The summed E-state index contributed by atoms with van der Waals surface area (Å²) < 4.78 is 1.83. The molecule has 1 fully saturated rings. The molecule has 0 spiro atoms. The van der Waals surface area contributed by atoms with Gasteiger partial charge in [-0.1, -0.05) is 0 Å². The number of nitrogens with zero attached hydrogens (tertiary/aromatic N) is 3. The first kappa shape index (κ1) is 11.1. The van der Waals surface area contributed by atoms with Crippen LogP contribution < -0.4 is 5.73 Å². The maximum absolute atomic E-state index is 11.7. The van der Waals surface area contributed by atoms with Crippen molar-refractivity contribution in [2.45, 2.75) is 19.4 Å². The highest BCUT2D eigenvalue weighted by molar-refractivity contribution is 5.79. The normalized spacial score (nSPS) is 25.5. The van der Waals surface area contributed by atoms with E-state index in [1.807, 2.05) is 31.9 Å². The predicted molar refractivity (Wildman–Crippen MR) is 60.6 cm³/mol. The molecular formula is C11H18N4O. The Morgan fingerprint density at radius 2 is 2.25 bits per heavy atom. The van der Waals surface area contributed by atoms with Crippen molar-refractivity contribution in [2.75, 3.05) is 13.6 Å². The van der Waals surface area contributed by atoms with E-state index < -0.39 is 0 Å². The number of hydrogen-bond acceptors (Lipinski definition) is 3. The Balaban J connectivity index is 2.38. The third-order valence-electron chi connectivity index (χ3n) is 3.59. The molecule has 1 saturated heterocycles. The molecule has 0 saturated carbocycles. The van der Waals surface area contributed by atoms with Crippen molar-refractivity contribution < 1.29 is 4.79 Å². The van der Waals surface area contributed by atoms with Gasteiger partial charge in [0, 0.05) is 37.7 Å². The van der Waals surface area contributed by atoms with Gasteiger partial charge >= 0.3 is 0 Å². The van der Waals surface area contributed by atoms with Gasteiger partial charge in [0.15, 0.2) is 0 Å². The number of nitrogens with two attached hydrogens (primary N) is 1. The number of likely N-dealkylation sites (tertiary alicyclic amines) is 1. The molecular weight excluding hydrogens is 204 g/mol. The summed E-state index contributed by atoms with van der Waals surface area (Å²) in [5.74, 6) is 0.379. The number of rotatable bonds is 2. The lowest BCUT2D eigenvalue weighted by Crippen LogP contribution is -2.27. The minimum absolute atomic E-state index is 0.0891. The first-order chi connectivity index (χ1) is 7.56. The van der Waals surface area contributed by atoms with Gasteiger partial charge in [0.05, 0.1) is 12.2 Å². The van der Waals surface area contributed by atoms with Crippen molar-refractivity contribution in [1.29, 1.82) is 0 Å². The van der Waals surface area contributed by atoms with Gasteiger partial charge < -0.3 is 10.6 Å². The average molecular weight is 222 g/mol. The molecule has 88 valence electrons. The molecule has 1 aromatic heterocycles. The van der Waals surface area contributed by atoms with E-state index in [9.17, 15) is 4.79 Å². The Kier molecular flexibility index (Phi) is 2.71. The van der Waals surface area contributed by atoms with E-state index in [1.54, 1.807) is 4.90 Å². The van der Waals surface area contributed by atoms with E-state index in [1.165, 1.54) is 0 Å². The molecule has 0 radical (unpaired) electrons. The number of aryl methyl sites for hydroxylation is 1. The van der Waals surface area contributed by atoms with Crippen LogP contribution in [0.2, 0.25) is 0 Å². The van der Waals surface area contributed by atoms with Gasteiger partial charge in [-0.3, -0.25) is 9.48 Å². The van der Waals surface area contributed by atoms with E-state index in [-0.39, 0.29) is 17.9 Å². The molecule has 2 heterocycles. The zero-order chi connectivity index (χ0) is 11.9. The molecule has 0 bridgehead atoms. The maximum atomic E-state index is 11.7. The van der Waals surface area contributed by atoms with E-state index in [0.29, 0.717) is 13.0 Å². The highest BCUT2D eigenvalue weighted by Gasteiger charge is 2.38. The molecule has 2 N–H and O–H groups in total. The molecule has 2 atom stereocenters. The zero-order valence-electron chi connectivity index (χ0n) is 9.97. The fourth-order valence-electron chi connectivity index (χ4n) is 2.43. The van der Waals surface area contributed by atoms with Gasteiger partial charge in [0.25, 0.3) is 0 Å². The number of carbonyl (C=O) groups excluding carboxylic acids is 1. The number of carbonyl (C=O) groups is 1. The summed E-state index contributed by atoms with van der Waals surface area (Å²) in [5, 5.41) is 4.23. The molecule has 5 nitrogen and oxygen atoms in total. The van der Waals surface area contributed by atoms with Crippen molar-refractivity contribution in [3.8, 4) is 0 Å². The second-order valence-electron chi connectivity index (χ2n) is 4.46. The summed E-state index contributed by atoms with van der Waals surface area (Å²) in [4.78, 5) is 13.5. The zero-order valence-corrected chi connectivity index (χ0v) is 9.97. The van der Waals surface area contributed by atoms with Crippen LogP contribution in [0, 0.1) is 12.8 Å². The van der Waals surface area contributed by atoms with Crippen LogP contribution in [0.25, 0.3) is 0 Å². The molecule has 16 heavy (non-hydrogen) atoms. The van der Waals surface area contributed by atoms with Crippen LogP contribution in [0.4, 0.5) is 0 Å². The van der Waals surface area contributed by atoms with E-state index in [4.69, 9.17) is 5.73 Å². The standard InChI is InChI=1S/C11H18N4O/c1-7-9(6-13-15(7)3)11-8(5-12)4-10(16)14(11)2/h6,8,11H,4-5,12H2,1-3H3. The SMILES string of the molecule is Cc1c(C2C(CN)CC(=O)N2C)cnn1C. The summed E-state index contributed by atoms with van der Waals surface area (Å²) in [6.07, 6.45) is 2.39. The smallest absolute Gasteiger partial charge is 0.223 e. The molecule has 0 aliphatic carbocycles. The fourth-order valence-corrected chi connectivity index (χ4v) is 2.43. The maximum Gasteiger partial charge on any atom is 0.223 e. The number of amides is 1.